The van der Waals surface area contributed by atoms with E-state index in [4.69, 9.17) is 16.9 Å². The van der Waals surface area contributed by atoms with Crippen LogP contribution in [0.3, 0.4) is 0 Å². The van der Waals surface area contributed by atoms with Gasteiger partial charge in [-0.2, -0.15) is 5.26 Å². The number of carbonyl (C=O) groups excluding carboxylic acids is 1. The molecule has 0 aromatic heterocycles. The van der Waals surface area contributed by atoms with Gasteiger partial charge in [-0.3, -0.25) is 4.79 Å². The quantitative estimate of drug-likeness (QED) is 0.659. The number of rotatable bonds is 5. The van der Waals surface area contributed by atoms with Crippen LogP contribution in [0.1, 0.15) is 13.3 Å². The van der Waals surface area contributed by atoms with E-state index in [0.29, 0.717) is 6.42 Å². The average molecular weight is 269 g/mol. The van der Waals surface area contributed by atoms with Crippen LogP contribution in [0.4, 0.5) is 5.69 Å². The highest BCUT2D eigenvalue weighted by molar-refractivity contribution is 8.00. The van der Waals surface area contributed by atoms with Gasteiger partial charge < -0.3 is 5.32 Å². The molecule has 1 amide bonds. The predicted molar refractivity (Wildman–Crippen MR) is 71.3 cm³/mol. The first-order chi connectivity index (χ1) is 8.17. The molecule has 0 bridgehead atoms. The highest BCUT2D eigenvalue weighted by atomic mass is 35.5. The molecule has 1 aromatic rings. The molecule has 0 aliphatic rings. The summed E-state index contributed by atoms with van der Waals surface area (Å²) in [6, 6.07) is 9.62. The van der Waals surface area contributed by atoms with Crippen molar-refractivity contribution in [2.45, 2.75) is 23.5 Å². The number of nitrogens with one attached hydrogen (secondary N) is 1. The summed E-state index contributed by atoms with van der Waals surface area (Å²) in [6.07, 6.45) is 0.475. The van der Waals surface area contributed by atoms with Crippen molar-refractivity contribution in [3.05, 3.63) is 24.3 Å². The van der Waals surface area contributed by atoms with Crippen molar-refractivity contribution in [2.75, 3.05) is 11.2 Å². The Kier molecular flexibility index (Phi) is 5.88. The number of hydrogen-bond acceptors (Lipinski definition) is 3. The van der Waals surface area contributed by atoms with Crippen LogP contribution in [0.15, 0.2) is 29.2 Å². The minimum atomic E-state index is -0.229. The molecule has 1 rings (SSSR count). The fourth-order valence-electron chi connectivity index (χ4n) is 1.24. The zero-order valence-electron chi connectivity index (χ0n) is 9.44. The van der Waals surface area contributed by atoms with Crippen LogP contribution in [0.5, 0.6) is 0 Å². The summed E-state index contributed by atoms with van der Waals surface area (Å²) in [5, 5.41) is 11.5. The molecule has 0 saturated carbocycles. The van der Waals surface area contributed by atoms with E-state index in [1.807, 2.05) is 31.2 Å². The molecule has 90 valence electrons. The minimum Gasteiger partial charge on any atom is -0.324 e. The van der Waals surface area contributed by atoms with Crippen molar-refractivity contribution < 1.29 is 4.79 Å². The Balaban J connectivity index is 2.77. The molecule has 0 unspecified atom stereocenters. The Labute approximate surface area is 110 Å². The molecular weight excluding hydrogens is 256 g/mol. The smallest absolute Gasteiger partial charge is 0.239 e. The normalized spacial score (nSPS) is 11.6. The van der Waals surface area contributed by atoms with Crippen LogP contribution in [0, 0.1) is 11.3 Å². The molecule has 0 fully saturated rings. The van der Waals surface area contributed by atoms with Gasteiger partial charge in [0.15, 0.2) is 0 Å². The Morgan fingerprint density at radius 1 is 1.59 bits per heavy atom. The van der Waals surface area contributed by atoms with Crippen molar-refractivity contribution >= 4 is 35.0 Å². The maximum absolute atomic E-state index is 11.2. The lowest BCUT2D eigenvalue weighted by Crippen LogP contribution is -2.13. The zero-order valence-corrected chi connectivity index (χ0v) is 11.0. The fraction of sp³-hybridized carbons (Fsp3) is 0.333. The number of thioether (sulfide) groups is 1. The fourth-order valence-corrected chi connectivity index (χ4v) is 2.30. The van der Waals surface area contributed by atoms with Gasteiger partial charge in [-0.05, 0) is 12.1 Å². The summed E-state index contributed by atoms with van der Waals surface area (Å²) >= 11 is 7.01. The van der Waals surface area contributed by atoms with E-state index in [1.54, 1.807) is 11.8 Å². The molecule has 1 N–H and O–H groups in total. The topological polar surface area (TPSA) is 52.9 Å². The first kappa shape index (κ1) is 13.9. The summed E-state index contributed by atoms with van der Waals surface area (Å²) in [6.45, 7) is 1.98. The number of benzene rings is 1. The highest BCUT2D eigenvalue weighted by Crippen LogP contribution is 2.31. The van der Waals surface area contributed by atoms with E-state index >= 15 is 0 Å². The molecular formula is C12H13ClN2OS. The number of halogens is 1. The Morgan fingerprint density at radius 3 is 2.94 bits per heavy atom. The van der Waals surface area contributed by atoms with Gasteiger partial charge in [0.1, 0.15) is 5.88 Å². The standard InChI is InChI=1S/C12H13ClN2OS/c1-9(6-7-14)17-11-5-3-2-4-10(11)15-12(16)8-13/h2-5,9H,6,8H2,1H3,(H,15,16)/t9-/m0/s1. The highest BCUT2D eigenvalue weighted by Gasteiger charge is 2.09. The number of anilines is 1. The van der Waals surface area contributed by atoms with Crippen LogP contribution < -0.4 is 5.32 Å². The van der Waals surface area contributed by atoms with E-state index in [9.17, 15) is 4.79 Å². The van der Waals surface area contributed by atoms with Crippen LogP contribution in [0.25, 0.3) is 0 Å². The van der Waals surface area contributed by atoms with Crippen LogP contribution in [-0.2, 0) is 4.79 Å². The molecule has 1 aromatic carbocycles. The molecule has 0 spiro atoms. The first-order valence-electron chi connectivity index (χ1n) is 5.15. The monoisotopic (exact) mass is 268 g/mol. The summed E-state index contributed by atoms with van der Waals surface area (Å²) in [5.41, 5.74) is 0.743. The number of nitrogens with zero attached hydrogens (tertiary/aromatic N) is 1. The van der Waals surface area contributed by atoms with Crippen molar-refractivity contribution in [2.24, 2.45) is 0 Å². The molecule has 0 radical (unpaired) electrons. The largest absolute Gasteiger partial charge is 0.324 e. The molecule has 0 aliphatic heterocycles. The third-order valence-electron chi connectivity index (χ3n) is 1.99. The van der Waals surface area contributed by atoms with Crippen molar-refractivity contribution in [1.82, 2.24) is 0 Å². The predicted octanol–water partition coefficient (Wildman–Crippen LogP) is 3.26. The summed E-state index contributed by atoms with van der Waals surface area (Å²) < 4.78 is 0. The second-order valence-corrected chi connectivity index (χ2v) is 5.22. The number of nitriles is 1. The minimum absolute atomic E-state index is 0.0627. The summed E-state index contributed by atoms with van der Waals surface area (Å²) in [7, 11) is 0. The van der Waals surface area contributed by atoms with Gasteiger partial charge in [-0.15, -0.1) is 23.4 Å². The van der Waals surface area contributed by atoms with Gasteiger partial charge in [0.2, 0.25) is 5.91 Å². The summed E-state index contributed by atoms with van der Waals surface area (Å²) in [4.78, 5) is 12.2. The van der Waals surface area contributed by atoms with Gasteiger partial charge in [0, 0.05) is 16.6 Å². The molecule has 0 saturated heterocycles. The second-order valence-electron chi connectivity index (χ2n) is 3.47. The summed E-state index contributed by atoms with van der Waals surface area (Å²) in [5.74, 6) is -0.292. The van der Waals surface area contributed by atoms with E-state index in [0.717, 1.165) is 10.6 Å². The van der Waals surface area contributed by atoms with Crippen LogP contribution in [-0.4, -0.2) is 17.0 Å². The molecule has 1 atom stereocenters. The van der Waals surface area contributed by atoms with Gasteiger partial charge >= 0.3 is 0 Å². The van der Waals surface area contributed by atoms with Crippen molar-refractivity contribution in [1.29, 1.82) is 5.26 Å². The molecule has 17 heavy (non-hydrogen) atoms. The maximum atomic E-state index is 11.2. The molecule has 0 heterocycles. The number of alkyl halides is 1. The Bertz CT molecular complexity index is 431. The third-order valence-corrected chi connectivity index (χ3v) is 3.41. The van der Waals surface area contributed by atoms with Gasteiger partial charge in [-0.25, -0.2) is 0 Å². The second kappa shape index (κ2) is 7.21. The number of carbonyl (C=O) groups is 1. The lowest BCUT2D eigenvalue weighted by atomic mass is 10.3. The van der Waals surface area contributed by atoms with Gasteiger partial charge in [-0.1, -0.05) is 19.1 Å². The number of para-hydroxylation sites is 1. The van der Waals surface area contributed by atoms with E-state index in [-0.39, 0.29) is 17.0 Å². The van der Waals surface area contributed by atoms with E-state index in [1.165, 1.54) is 0 Å². The molecule has 0 aliphatic carbocycles. The Hall–Kier alpha value is -1.18. The molecule has 3 nitrogen and oxygen atoms in total. The Morgan fingerprint density at radius 2 is 2.29 bits per heavy atom. The van der Waals surface area contributed by atoms with E-state index < -0.39 is 0 Å². The van der Waals surface area contributed by atoms with Gasteiger partial charge in [0.05, 0.1) is 11.8 Å². The van der Waals surface area contributed by atoms with Crippen molar-refractivity contribution in [3.63, 3.8) is 0 Å². The zero-order chi connectivity index (χ0) is 12.7. The first-order valence-corrected chi connectivity index (χ1v) is 6.57. The maximum Gasteiger partial charge on any atom is 0.239 e. The number of hydrogen-bond donors (Lipinski definition) is 1. The van der Waals surface area contributed by atoms with E-state index in [2.05, 4.69) is 11.4 Å². The lowest BCUT2D eigenvalue weighted by Gasteiger charge is -2.12. The molecule has 5 heteroatoms. The SMILES string of the molecule is C[C@@H](CC#N)Sc1ccccc1NC(=O)CCl. The van der Waals surface area contributed by atoms with Crippen LogP contribution >= 0.6 is 23.4 Å². The number of amides is 1. The third kappa shape index (κ3) is 4.68. The lowest BCUT2D eigenvalue weighted by molar-refractivity contribution is -0.113. The van der Waals surface area contributed by atoms with Crippen molar-refractivity contribution in [3.8, 4) is 6.07 Å². The van der Waals surface area contributed by atoms with Crippen LogP contribution in [0.2, 0.25) is 0 Å². The van der Waals surface area contributed by atoms with Gasteiger partial charge in [0.25, 0.3) is 0 Å². The average Bonchev–Trinajstić information content (AvgIpc) is 2.31.